The molecule has 1 aromatic carbocycles. The van der Waals surface area contributed by atoms with E-state index in [4.69, 9.17) is 13.9 Å². The molecule has 1 aromatic heterocycles. The first-order chi connectivity index (χ1) is 14.1. The predicted molar refractivity (Wildman–Crippen MR) is 109 cm³/mol. The molecule has 0 spiro atoms. The molecule has 162 valence electrons. The fourth-order valence-electron chi connectivity index (χ4n) is 4.58. The standard InChI is InChI=1S/C23H28O7/c1-6-28-21(25)19-15(24)11-23(5,27)20(22(26)29-7-2)18(19)14-9-8-10-16-17(14)12(3)13(4)30-16/h8-10,18-20,27H,6-7,11H2,1-5H3. The quantitative estimate of drug-likeness (QED) is 0.590. The van der Waals surface area contributed by atoms with Crippen molar-refractivity contribution in [1.29, 1.82) is 0 Å². The van der Waals surface area contributed by atoms with Crippen LogP contribution in [0.5, 0.6) is 0 Å². The fraction of sp³-hybridized carbons (Fsp3) is 0.522. The van der Waals surface area contributed by atoms with E-state index in [2.05, 4.69) is 0 Å². The summed E-state index contributed by atoms with van der Waals surface area (Å²) in [4.78, 5) is 38.9. The maximum Gasteiger partial charge on any atom is 0.317 e. The van der Waals surface area contributed by atoms with Crippen molar-refractivity contribution in [3.05, 3.63) is 35.1 Å². The Morgan fingerprint density at radius 2 is 1.80 bits per heavy atom. The Hall–Kier alpha value is -2.67. The van der Waals surface area contributed by atoms with Gasteiger partial charge in [0.2, 0.25) is 0 Å². The van der Waals surface area contributed by atoms with Gasteiger partial charge < -0.3 is 19.0 Å². The van der Waals surface area contributed by atoms with E-state index in [1.807, 2.05) is 13.8 Å². The summed E-state index contributed by atoms with van der Waals surface area (Å²) < 4.78 is 16.3. The summed E-state index contributed by atoms with van der Waals surface area (Å²) in [5.41, 5.74) is 0.353. The Balaban J connectivity index is 2.30. The molecular formula is C23H28O7. The van der Waals surface area contributed by atoms with E-state index in [0.717, 1.165) is 10.9 Å². The predicted octanol–water partition coefficient (Wildman–Crippen LogP) is 3.22. The average molecular weight is 416 g/mol. The number of benzene rings is 1. The third-order valence-electron chi connectivity index (χ3n) is 5.93. The lowest BCUT2D eigenvalue weighted by Crippen LogP contribution is -2.55. The van der Waals surface area contributed by atoms with Crippen molar-refractivity contribution in [3.8, 4) is 0 Å². The molecule has 1 heterocycles. The van der Waals surface area contributed by atoms with Crippen molar-refractivity contribution < 1.29 is 33.4 Å². The van der Waals surface area contributed by atoms with Crippen LogP contribution >= 0.6 is 0 Å². The molecule has 0 radical (unpaired) electrons. The van der Waals surface area contributed by atoms with Crippen molar-refractivity contribution in [3.63, 3.8) is 0 Å². The maximum atomic E-state index is 13.0. The molecule has 7 heteroatoms. The number of furan rings is 1. The smallest absolute Gasteiger partial charge is 0.317 e. The largest absolute Gasteiger partial charge is 0.466 e. The second kappa shape index (κ2) is 8.22. The van der Waals surface area contributed by atoms with E-state index in [1.165, 1.54) is 6.92 Å². The molecule has 4 atom stereocenters. The van der Waals surface area contributed by atoms with Gasteiger partial charge in [-0.15, -0.1) is 0 Å². The van der Waals surface area contributed by atoms with Gasteiger partial charge in [-0.2, -0.15) is 0 Å². The molecule has 0 aliphatic heterocycles. The summed E-state index contributed by atoms with van der Waals surface area (Å²) in [5, 5.41) is 11.8. The first-order valence-corrected chi connectivity index (χ1v) is 10.2. The van der Waals surface area contributed by atoms with Gasteiger partial charge in [0.1, 0.15) is 17.3 Å². The van der Waals surface area contributed by atoms with E-state index in [-0.39, 0.29) is 19.6 Å². The van der Waals surface area contributed by atoms with Crippen molar-refractivity contribution in [2.45, 2.75) is 52.6 Å². The second-order valence-corrected chi connectivity index (χ2v) is 7.99. The normalized spacial score (nSPS) is 26.6. The van der Waals surface area contributed by atoms with Crippen LogP contribution in [-0.2, 0) is 23.9 Å². The molecule has 7 nitrogen and oxygen atoms in total. The van der Waals surface area contributed by atoms with Crippen LogP contribution < -0.4 is 0 Å². The van der Waals surface area contributed by atoms with Gasteiger partial charge in [-0.25, -0.2) is 0 Å². The lowest BCUT2D eigenvalue weighted by atomic mass is 9.61. The highest BCUT2D eigenvalue weighted by atomic mass is 16.5. The molecule has 1 aliphatic carbocycles. The number of carbonyl (C=O) groups excluding carboxylic acids is 3. The van der Waals surface area contributed by atoms with Crippen LogP contribution in [-0.4, -0.2) is 41.6 Å². The van der Waals surface area contributed by atoms with Crippen LogP contribution in [0.25, 0.3) is 11.0 Å². The molecule has 1 saturated carbocycles. The third kappa shape index (κ3) is 3.62. The Morgan fingerprint density at radius 3 is 2.43 bits per heavy atom. The molecule has 2 aromatic rings. The second-order valence-electron chi connectivity index (χ2n) is 7.99. The molecule has 1 fully saturated rings. The van der Waals surface area contributed by atoms with Gasteiger partial charge in [-0.3, -0.25) is 14.4 Å². The highest BCUT2D eigenvalue weighted by molar-refractivity contribution is 6.03. The minimum atomic E-state index is -1.67. The van der Waals surface area contributed by atoms with E-state index < -0.39 is 41.1 Å². The summed E-state index contributed by atoms with van der Waals surface area (Å²) in [6.45, 7) is 8.69. The molecule has 30 heavy (non-hydrogen) atoms. The Morgan fingerprint density at radius 1 is 1.17 bits per heavy atom. The zero-order valence-electron chi connectivity index (χ0n) is 18.0. The van der Waals surface area contributed by atoms with Crippen LogP contribution in [0.2, 0.25) is 0 Å². The first kappa shape index (κ1) is 22.0. The Bertz CT molecular complexity index is 985. The molecule has 3 rings (SSSR count). The van der Waals surface area contributed by atoms with E-state index >= 15 is 0 Å². The maximum absolute atomic E-state index is 13.0. The number of aryl methyl sites for hydroxylation is 2. The third-order valence-corrected chi connectivity index (χ3v) is 5.93. The lowest BCUT2D eigenvalue weighted by molar-refractivity contribution is -0.172. The number of rotatable bonds is 5. The Labute approximate surface area is 175 Å². The zero-order valence-corrected chi connectivity index (χ0v) is 18.0. The number of ether oxygens (including phenoxy) is 2. The van der Waals surface area contributed by atoms with Crippen molar-refractivity contribution in [1.82, 2.24) is 0 Å². The van der Waals surface area contributed by atoms with Crippen molar-refractivity contribution >= 4 is 28.7 Å². The van der Waals surface area contributed by atoms with Crippen LogP contribution in [0.1, 0.15) is 50.0 Å². The molecule has 0 bridgehead atoms. The summed E-state index contributed by atoms with van der Waals surface area (Å²) in [5.74, 6) is -4.40. The van der Waals surface area contributed by atoms with Gasteiger partial charge in [0, 0.05) is 17.7 Å². The van der Waals surface area contributed by atoms with Crippen molar-refractivity contribution in [2.24, 2.45) is 11.8 Å². The molecule has 1 aliphatic rings. The van der Waals surface area contributed by atoms with Crippen LogP contribution in [0, 0.1) is 25.7 Å². The molecule has 0 amide bonds. The molecular weight excluding hydrogens is 388 g/mol. The minimum Gasteiger partial charge on any atom is -0.466 e. The highest BCUT2D eigenvalue weighted by Gasteiger charge is 2.57. The summed E-state index contributed by atoms with van der Waals surface area (Å²) in [6.07, 6.45) is -0.337. The molecule has 4 unspecified atom stereocenters. The molecule has 0 saturated heterocycles. The number of hydrogen-bond acceptors (Lipinski definition) is 7. The van der Waals surface area contributed by atoms with Crippen LogP contribution in [0.3, 0.4) is 0 Å². The SMILES string of the molecule is CCOC(=O)C1C(=O)CC(C)(O)C(C(=O)OCC)C1c1cccc2oc(C)c(C)c12. The fourth-order valence-corrected chi connectivity index (χ4v) is 4.58. The summed E-state index contributed by atoms with van der Waals surface area (Å²) >= 11 is 0. The number of ketones is 1. The van der Waals surface area contributed by atoms with Crippen LogP contribution in [0.4, 0.5) is 0 Å². The topological polar surface area (TPSA) is 103 Å². The number of fused-ring (bicyclic) bond motifs is 1. The zero-order chi connectivity index (χ0) is 22.2. The van der Waals surface area contributed by atoms with E-state index in [0.29, 0.717) is 16.9 Å². The minimum absolute atomic E-state index is 0.101. The summed E-state index contributed by atoms with van der Waals surface area (Å²) in [7, 11) is 0. The van der Waals surface area contributed by atoms with E-state index in [9.17, 15) is 19.5 Å². The van der Waals surface area contributed by atoms with Gasteiger partial charge in [0.15, 0.2) is 5.78 Å². The monoisotopic (exact) mass is 416 g/mol. The number of hydrogen-bond donors (Lipinski definition) is 1. The van der Waals surface area contributed by atoms with Crippen LogP contribution in [0.15, 0.2) is 22.6 Å². The molecule has 1 N–H and O–H groups in total. The van der Waals surface area contributed by atoms with Gasteiger partial charge in [-0.05, 0) is 51.8 Å². The van der Waals surface area contributed by atoms with Gasteiger partial charge in [0.05, 0.1) is 24.7 Å². The van der Waals surface area contributed by atoms with Crippen molar-refractivity contribution in [2.75, 3.05) is 13.2 Å². The number of Topliss-reactive ketones (excluding diaryl/α,β-unsaturated/α-hetero) is 1. The number of carbonyl (C=O) groups is 3. The Kier molecular flexibility index (Phi) is 6.04. The van der Waals surface area contributed by atoms with Gasteiger partial charge in [-0.1, -0.05) is 12.1 Å². The number of esters is 2. The van der Waals surface area contributed by atoms with Gasteiger partial charge >= 0.3 is 11.9 Å². The lowest BCUT2D eigenvalue weighted by Gasteiger charge is -2.43. The summed E-state index contributed by atoms with van der Waals surface area (Å²) in [6, 6.07) is 5.31. The average Bonchev–Trinajstić information content (AvgIpc) is 2.94. The first-order valence-electron chi connectivity index (χ1n) is 10.2. The van der Waals surface area contributed by atoms with E-state index in [1.54, 1.807) is 32.0 Å². The highest BCUT2D eigenvalue weighted by Crippen LogP contribution is 2.49. The number of aliphatic hydroxyl groups is 1. The van der Waals surface area contributed by atoms with Gasteiger partial charge in [0.25, 0.3) is 0 Å².